The fourth-order valence-corrected chi connectivity index (χ4v) is 4.63. The minimum atomic E-state index is -4.11. The summed E-state index contributed by atoms with van der Waals surface area (Å²) < 4.78 is 74.5. The minimum absolute atomic E-state index is 0.139. The lowest BCUT2D eigenvalue weighted by atomic mass is 9.71. The lowest BCUT2D eigenvalue weighted by molar-refractivity contribution is -0.136. The molecule has 1 aliphatic rings. The number of hydrogen-bond donors (Lipinski definition) is 0. The summed E-state index contributed by atoms with van der Waals surface area (Å²) in [6.07, 6.45) is -4.64. The summed E-state index contributed by atoms with van der Waals surface area (Å²) in [6.45, 7) is 0. The van der Waals surface area contributed by atoms with Gasteiger partial charge in [-0.05, 0) is 60.7 Å². The predicted molar refractivity (Wildman–Crippen MR) is 87.6 cm³/mol. The predicted octanol–water partition coefficient (Wildman–Crippen LogP) is 7.31. The molecule has 0 radical (unpaired) electrons. The van der Waals surface area contributed by atoms with Gasteiger partial charge in [0.05, 0.1) is 0 Å². The molecule has 138 valence electrons. The van der Waals surface area contributed by atoms with Crippen molar-refractivity contribution in [2.24, 2.45) is 17.8 Å². The van der Waals surface area contributed by atoms with E-state index in [1.165, 1.54) is 0 Å². The van der Waals surface area contributed by atoms with Gasteiger partial charge in [0, 0.05) is 12.8 Å². The van der Waals surface area contributed by atoms with Crippen LogP contribution in [-0.2, 0) is 0 Å². The summed E-state index contributed by atoms with van der Waals surface area (Å²) in [4.78, 5) is 0. The maximum absolute atomic E-state index is 12.3. The summed E-state index contributed by atoms with van der Waals surface area (Å²) in [5, 5.41) is 0. The van der Waals surface area contributed by atoms with Crippen molar-refractivity contribution in [3.05, 3.63) is 0 Å². The quantitative estimate of drug-likeness (QED) is 0.203. The van der Waals surface area contributed by atoms with E-state index in [9.17, 15) is 26.3 Å². The Morgan fingerprint density at radius 1 is 0.652 bits per heavy atom. The van der Waals surface area contributed by atoms with Gasteiger partial charge in [0.2, 0.25) is 0 Å². The van der Waals surface area contributed by atoms with E-state index >= 15 is 0 Å². The highest BCUT2D eigenvalue weighted by Gasteiger charge is 2.32. The van der Waals surface area contributed by atoms with E-state index in [-0.39, 0.29) is 24.7 Å². The Morgan fingerprint density at radius 3 is 1.30 bits per heavy atom. The fraction of sp³-hybridized carbons (Fsp3) is 1.00. The largest absolute Gasteiger partial charge is 0.389 e. The van der Waals surface area contributed by atoms with Crippen LogP contribution in [0.15, 0.2) is 0 Å². The van der Waals surface area contributed by atoms with Crippen molar-refractivity contribution in [3.8, 4) is 0 Å². The summed E-state index contributed by atoms with van der Waals surface area (Å²) in [7, 11) is 0. The van der Waals surface area contributed by atoms with E-state index in [0.717, 1.165) is 30.1 Å². The highest BCUT2D eigenvalue weighted by molar-refractivity contribution is 14.1. The third-order valence-corrected chi connectivity index (χ3v) is 5.29. The number of alkyl halides is 7. The van der Waals surface area contributed by atoms with Gasteiger partial charge in [-0.3, -0.25) is 0 Å². The van der Waals surface area contributed by atoms with Gasteiger partial charge in [-0.15, -0.1) is 0 Å². The Morgan fingerprint density at radius 2 is 1.00 bits per heavy atom. The van der Waals surface area contributed by atoms with Crippen molar-refractivity contribution in [2.45, 2.75) is 76.6 Å². The van der Waals surface area contributed by atoms with Crippen LogP contribution >= 0.6 is 22.6 Å². The van der Waals surface area contributed by atoms with Gasteiger partial charge in [0.15, 0.2) is 0 Å². The molecule has 0 aromatic carbocycles. The van der Waals surface area contributed by atoms with Crippen LogP contribution in [0.5, 0.6) is 0 Å². The second kappa shape index (κ2) is 9.70. The van der Waals surface area contributed by atoms with Gasteiger partial charge in [0.25, 0.3) is 0 Å². The minimum Gasteiger partial charge on any atom is -0.171 e. The zero-order valence-electron chi connectivity index (χ0n) is 13.2. The van der Waals surface area contributed by atoms with Gasteiger partial charge < -0.3 is 0 Å². The molecule has 0 heterocycles. The second-order valence-electron chi connectivity index (χ2n) is 6.80. The van der Waals surface area contributed by atoms with E-state index in [2.05, 4.69) is 22.6 Å². The third kappa shape index (κ3) is 10.7. The molecule has 0 spiro atoms. The molecule has 7 heteroatoms. The molecule has 1 saturated carbocycles. The topological polar surface area (TPSA) is 0 Å². The van der Waals surface area contributed by atoms with E-state index in [1.807, 2.05) is 0 Å². The summed E-state index contributed by atoms with van der Waals surface area (Å²) in [5.74, 6) is 0.956. The highest BCUT2D eigenvalue weighted by atomic mass is 127. The first-order valence-electron chi connectivity index (χ1n) is 8.28. The SMILES string of the molecule is FC(F)(F)CCCC1CC(CCI)CC(CCCC(F)(F)F)C1. The average molecular weight is 458 g/mol. The summed E-state index contributed by atoms with van der Waals surface area (Å²) in [6, 6.07) is 0. The molecule has 0 aromatic rings. The molecule has 1 rings (SSSR count). The highest BCUT2D eigenvalue weighted by Crippen LogP contribution is 2.41. The van der Waals surface area contributed by atoms with Gasteiger partial charge in [-0.25, -0.2) is 0 Å². The van der Waals surface area contributed by atoms with Crippen LogP contribution in [0.25, 0.3) is 0 Å². The number of rotatable bonds is 8. The molecule has 0 aliphatic heterocycles. The molecule has 0 bridgehead atoms. The molecule has 23 heavy (non-hydrogen) atoms. The first kappa shape index (κ1) is 21.4. The molecule has 2 unspecified atom stereocenters. The average Bonchev–Trinajstić information content (AvgIpc) is 2.35. The van der Waals surface area contributed by atoms with Crippen molar-refractivity contribution < 1.29 is 26.3 Å². The molecular formula is C16H25F6I. The van der Waals surface area contributed by atoms with Gasteiger partial charge in [-0.2, -0.15) is 26.3 Å². The standard InChI is InChI=1S/C16H25F6I/c17-15(18,19)6-1-3-12-9-13(4-2-7-16(20,21)22)11-14(10-12)5-8-23/h12-14H,1-11H2. The van der Waals surface area contributed by atoms with Crippen LogP contribution in [0.1, 0.15) is 64.2 Å². The lowest BCUT2D eigenvalue weighted by Gasteiger charge is -2.35. The molecule has 0 nitrogen and oxygen atoms in total. The third-order valence-electron chi connectivity index (χ3n) is 4.66. The molecule has 0 amide bonds. The molecule has 1 fully saturated rings. The van der Waals surface area contributed by atoms with E-state index in [0.29, 0.717) is 18.8 Å². The smallest absolute Gasteiger partial charge is 0.171 e. The second-order valence-corrected chi connectivity index (χ2v) is 7.88. The first-order chi connectivity index (χ1) is 10.6. The molecule has 0 N–H and O–H groups in total. The van der Waals surface area contributed by atoms with Gasteiger partial charge in [0.1, 0.15) is 0 Å². The molecule has 1 aliphatic carbocycles. The summed E-state index contributed by atoms with van der Waals surface area (Å²) >= 11 is 2.28. The molecule has 0 aromatic heterocycles. The van der Waals surface area contributed by atoms with Crippen LogP contribution < -0.4 is 0 Å². The van der Waals surface area contributed by atoms with Crippen LogP contribution in [0, 0.1) is 17.8 Å². The maximum atomic E-state index is 12.3. The van der Waals surface area contributed by atoms with Gasteiger partial charge in [-0.1, -0.05) is 35.4 Å². The Bertz CT molecular complexity index is 298. The molecular weight excluding hydrogens is 433 g/mol. The van der Waals surface area contributed by atoms with Crippen LogP contribution in [0.4, 0.5) is 26.3 Å². The van der Waals surface area contributed by atoms with Crippen molar-refractivity contribution in [2.75, 3.05) is 4.43 Å². The summed E-state index contributed by atoms with van der Waals surface area (Å²) in [5.41, 5.74) is 0. The van der Waals surface area contributed by atoms with Crippen molar-refractivity contribution in [3.63, 3.8) is 0 Å². The van der Waals surface area contributed by atoms with Crippen molar-refractivity contribution in [1.82, 2.24) is 0 Å². The maximum Gasteiger partial charge on any atom is 0.389 e. The fourth-order valence-electron chi connectivity index (χ4n) is 3.75. The zero-order valence-corrected chi connectivity index (χ0v) is 15.3. The van der Waals surface area contributed by atoms with Crippen molar-refractivity contribution >= 4 is 22.6 Å². The van der Waals surface area contributed by atoms with Crippen LogP contribution in [0.3, 0.4) is 0 Å². The van der Waals surface area contributed by atoms with Crippen molar-refractivity contribution in [1.29, 1.82) is 0 Å². The Hall–Kier alpha value is 0.310. The molecule has 0 saturated heterocycles. The lowest BCUT2D eigenvalue weighted by Crippen LogP contribution is -2.24. The Kier molecular flexibility index (Phi) is 9.01. The van der Waals surface area contributed by atoms with E-state index < -0.39 is 25.2 Å². The monoisotopic (exact) mass is 458 g/mol. The van der Waals surface area contributed by atoms with E-state index in [4.69, 9.17) is 0 Å². The number of halogens is 7. The van der Waals surface area contributed by atoms with Crippen LogP contribution in [-0.4, -0.2) is 16.8 Å². The molecule has 2 atom stereocenters. The first-order valence-corrected chi connectivity index (χ1v) is 9.81. The number of hydrogen-bond acceptors (Lipinski definition) is 0. The van der Waals surface area contributed by atoms with Gasteiger partial charge >= 0.3 is 12.4 Å². The van der Waals surface area contributed by atoms with E-state index in [1.54, 1.807) is 0 Å². The van der Waals surface area contributed by atoms with Crippen LogP contribution in [0.2, 0.25) is 0 Å². The Labute approximate surface area is 147 Å². The Balaban J connectivity index is 2.42. The normalized spacial score (nSPS) is 26.5. The zero-order chi connectivity index (χ0) is 17.5.